The van der Waals surface area contributed by atoms with E-state index in [1.54, 1.807) is 0 Å². The molecule has 0 heterocycles. The SMILES string of the molecule is CCc1c(/C=C(\C)C(C)(C)C)c(-c2ccc3c(c2)C=CCCC3)c2ccc(C)cc2c1-c1ccc2ccccc2c1. The van der Waals surface area contributed by atoms with Crippen LogP contribution in [0.3, 0.4) is 0 Å². The first-order valence-electron chi connectivity index (χ1n) is 15.3. The zero-order valence-electron chi connectivity index (χ0n) is 25.6. The van der Waals surface area contributed by atoms with Crippen LogP contribution in [0, 0.1) is 12.3 Å². The Morgan fingerprint density at radius 1 is 0.805 bits per heavy atom. The molecule has 6 rings (SSSR count). The van der Waals surface area contributed by atoms with Crippen molar-refractivity contribution in [2.45, 2.75) is 67.2 Å². The van der Waals surface area contributed by atoms with Crippen LogP contribution >= 0.6 is 0 Å². The van der Waals surface area contributed by atoms with Crippen LogP contribution in [0.15, 0.2) is 90.5 Å². The molecule has 5 aromatic rings. The second-order valence-corrected chi connectivity index (χ2v) is 12.9. The highest BCUT2D eigenvalue weighted by Gasteiger charge is 2.22. The lowest BCUT2D eigenvalue weighted by Crippen LogP contribution is -2.07. The molecule has 0 saturated carbocycles. The second kappa shape index (κ2) is 10.8. The van der Waals surface area contributed by atoms with E-state index in [0.717, 1.165) is 19.3 Å². The summed E-state index contributed by atoms with van der Waals surface area (Å²) in [5.41, 5.74) is 13.8. The molecule has 0 unspecified atom stereocenters. The highest BCUT2D eigenvalue weighted by Crippen LogP contribution is 2.45. The highest BCUT2D eigenvalue weighted by atomic mass is 14.3. The van der Waals surface area contributed by atoms with Crippen LogP contribution in [0.2, 0.25) is 0 Å². The van der Waals surface area contributed by atoms with Gasteiger partial charge in [-0.15, -0.1) is 0 Å². The summed E-state index contributed by atoms with van der Waals surface area (Å²) in [6, 6.07) is 30.0. The minimum absolute atomic E-state index is 0.0874. The number of hydrogen-bond donors (Lipinski definition) is 0. The van der Waals surface area contributed by atoms with Crippen molar-refractivity contribution in [1.29, 1.82) is 0 Å². The fraction of sp³-hybridized carbons (Fsp3) is 0.268. The van der Waals surface area contributed by atoms with E-state index in [2.05, 4.69) is 139 Å². The lowest BCUT2D eigenvalue weighted by atomic mass is 9.79. The van der Waals surface area contributed by atoms with E-state index < -0.39 is 0 Å². The van der Waals surface area contributed by atoms with Gasteiger partial charge in [-0.25, -0.2) is 0 Å². The topological polar surface area (TPSA) is 0 Å². The lowest BCUT2D eigenvalue weighted by Gasteiger charge is -2.25. The summed E-state index contributed by atoms with van der Waals surface area (Å²) >= 11 is 0. The molecule has 0 bridgehead atoms. The van der Waals surface area contributed by atoms with Gasteiger partial charge in [0.05, 0.1) is 0 Å². The summed E-state index contributed by atoms with van der Waals surface area (Å²) in [7, 11) is 0. The van der Waals surface area contributed by atoms with Crippen LogP contribution in [0.1, 0.15) is 75.3 Å². The molecular weight excluding hydrogens is 492 g/mol. The fourth-order valence-electron chi connectivity index (χ4n) is 6.38. The van der Waals surface area contributed by atoms with E-state index in [4.69, 9.17) is 0 Å². The van der Waals surface area contributed by atoms with Crippen molar-refractivity contribution >= 4 is 33.7 Å². The number of allylic oxidation sites excluding steroid dienone is 2. The molecule has 0 fully saturated rings. The summed E-state index contributed by atoms with van der Waals surface area (Å²) in [5.74, 6) is 0. The Balaban J connectivity index is 1.75. The Bertz CT molecular complexity index is 1830. The number of aryl methyl sites for hydroxylation is 2. The predicted octanol–water partition coefficient (Wildman–Crippen LogP) is 12.0. The molecule has 0 nitrogen and oxygen atoms in total. The molecule has 0 radical (unpaired) electrons. The Labute approximate surface area is 246 Å². The molecule has 5 aromatic carbocycles. The van der Waals surface area contributed by atoms with Crippen LogP contribution in [-0.4, -0.2) is 0 Å². The summed E-state index contributed by atoms with van der Waals surface area (Å²) in [6.07, 6.45) is 11.7. The third-order valence-corrected chi connectivity index (χ3v) is 9.09. The average molecular weight is 535 g/mol. The van der Waals surface area contributed by atoms with Gasteiger partial charge in [0.15, 0.2) is 0 Å². The van der Waals surface area contributed by atoms with Gasteiger partial charge in [-0.1, -0.05) is 124 Å². The molecule has 0 heteroatoms. The maximum atomic E-state index is 2.50. The van der Waals surface area contributed by atoms with E-state index in [0.29, 0.717) is 0 Å². The molecule has 0 spiro atoms. The molecule has 1 aliphatic carbocycles. The summed E-state index contributed by atoms with van der Waals surface area (Å²) in [5, 5.41) is 5.26. The van der Waals surface area contributed by atoms with Crippen molar-refractivity contribution in [3.8, 4) is 22.3 Å². The first kappa shape index (κ1) is 27.3. The molecule has 0 atom stereocenters. The molecule has 0 N–H and O–H groups in total. The first-order chi connectivity index (χ1) is 19.7. The summed E-state index contributed by atoms with van der Waals surface area (Å²) in [6.45, 7) is 13.8. The van der Waals surface area contributed by atoms with Crippen LogP contribution in [0.25, 0.3) is 56.0 Å². The Kier molecular flexibility index (Phi) is 7.20. The van der Waals surface area contributed by atoms with Gasteiger partial charge in [0.25, 0.3) is 0 Å². The van der Waals surface area contributed by atoms with Crippen molar-refractivity contribution in [3.05, 3.63) is 118 Å². The van der Waals surface area contributed by atoms with Crippen LogP contribution in [-0.2, 0) is 12.8 Å². The number of benzene rings is 5. The van der Waals surface area contributed by atoms with Gasteiger partial charge in [-0.3, -0.25) is 0 Å². The normalized spacial score (nSPS) is 14.0. The minimum Gasteiger partial charge on any atom is -0.0839 e. The zero-order valence-corrected chi connectivity index (χ0v) is 25.6. The minimum atomic E-state index is 0.0874. The molecule has 206 valence electrons. The summed E-state index contributed by atoms with van der Waals surface area (Å²) in [4.78, 5) is 0. The maximum Gasteiger partial charge on any atom is -0.00294 e. The van der Waals surface area contributed by atoms with Gasteiger partial charge in [0.2, 0.25) is 0 Å². The largest absolute Gasteiger partial charge is 0.0839 e. The predicted molar refractivity (Wildman–Crippen MR) is 182 cm³/mol. The molecular formula is C41H42. The number of rotatable bonds is 4. The number of fused-ring (bicyclic) bond motifs is 3. The third-order valence-electron chi connectivity index (χ3n) is 9.09. The van der Waals surface area contributed by atoms with Gasteiger partial charge in [-0.2, -0.15) is 0 Å². The van der Waals surface area contributed by atoms with Gasteiger partial charge < -0.3 is 0 Å². The Morgan fingerprint density at radius 2 is 1.56 bits per heavy atom. The van der Waals surface area contributed by atoms with E-state index in [-0.39, 0.29) is 5.41 Å². The van der Waals surface area contributed by atoms with Crippen LogP contribution in [0.5, 0.6) is 0 Å². The van der Waals surface area contributed by atoms with Crippen molar-refractivity contribution in [2.24, 2.45) is 5.41 Å². The van der Waals surface area contributed by atoms with Crippen molar-refractivity contribution < 1.29 is 0 Å². The second-order valence-electron chi connectivity index (χ2n) is 12.9. The fourth-order valence-corrected chi connectivity index (χ4v) is 6.38. The molecule has 0 amide bonds. The smallest absolute Gasteiger partial charge is 0.00294 e. The van der Waals surface area contributed by atoms with E-state index in [1.165, 1.54) is 83.6 Å². The van der Waals surface area contributed by atoms with E-state index >= 15 is 0 Å². The molecule has 41 heavy (non-hydrogen) atoms. The lowest BCUT2D eigenvalue weighted by molar-refractivity contribution is 0.508. The standard InChI is InChI=1S/C41H42/c1-7-35-38(24-28(3)41(4,5)6)40(34-21-19-29-13-9-8-10-15-31(29)26-34)36-22-17-27(2)23-37(36)39(35)33-20-18-30-14-11-12-16-32(30)25-33/h10-12,14-26H,7-9,13H2,1-6H3/b28-24+. The molecule has 1 aliphatic rings. The van der Waals surface area contributed by atoms with Gasteiger partial charge in [-0.05, 0) is 123 Å². The van der Waals surface area contributed by atoms with Gasteiger partial charge in [0.1, 0.15) is 0 Å². The average Bonchev–Trinajstić information content (AvgIpc) is 3.21. The van der Waals surface area contributed by atoms with Gasteiger partial charge in [0, 0.05) is 0 Å². The Morgan fingerprint density at radius 3 is 2.34 bits per heavy atom. The molecule has 0 aromatic heterocycles. The first-order valence-corrected chi connectivity index (χ1v) is 15.3. The third kappa shape index (κ3) is 5.17. The maximum absolute atomic E-state index is 2.50. The molecule has 0 saturated heterocycles. The van der Waals surface area contributed by atoms with Crippen LogP contribution in [0.4, 0.5) is 0 Å². The van der Waals surface area contributed by atoms with E-state index in [9.17, 15) is 0 Å². The number of hydrogen-bond acceptors (Lipinski definition) is 0. The Hall–Kier alpha value is -3.90. The highest BCUT2D eigenvalue weighted by molar-refractivity contribution is 6.11. The van der Waals surface area contributed by atoms with Crippen molar-refractivity contribution in [1.82, 2.24) is 0 Å². The van der Waals surface area contributed by atoms with Gasteiger partial charge >= 0.3 is 0 Å². The monoisotopic (exact) mass is 534 g/mol. The molecule has 0 aliphatic heterocycles. The van der Waals surface area contributed by atoms with Crippen LogP contribution < -0.4 is 0 Å². The van der Waals surface area contributed by atoms with Crippen molar-refractivity contribution in [3.63, 3.8) is 0 Å². The van der Waals surface area contributed by atoms with E-state index in [1.807, 2.05) is 0 Å². The summed E-state index contributed by atoms with van der Waals surface area (Å²) < 4.78 is 0. The quantitative estimate of drug-likeness (QED) is 0.215. The van der Waals surface area contributed by atoms with Crippen molar-refractivity contribution in [2.75, 3.05) is 0 Å². The zero-order chi connectivity index (χ0) is 28.7.